The number of aliphatic carboxylic acids is 3. The van der Waals surface area contributed by atoms with Gasteiger partial charge in [0.05, 0.1) is 0 Å². The molecule has 0 heterocycles. The van der Waals surface area contributed by atoms with Crippen LogP contribution < -0.4 is 15.3 Å². The Bertz CT molecular complexity index is 336. The van der Waals surface area contributed by atoms with E-state index in [1.807, 2.05) is 0 Å². The van der Waals surface area contributed by atoms with Crippen molar-refractivity contribution in [2.24, 2.45) is 0 Å². The standard InChI is InChI=1S/3C8H16O2.2Bi/c3*1-2-3-4-5-6-7-8(9)10;;/h3*2-7H2,1H3,(H,9,10);;/q;;;;+3/p-3. The maximum Gasteiger partial charge on any atom is 3.00 e. The van der Waals surface area contributed by atoms with Gasteiger partial charge in [0.2, 0.25) is 0 Å². The zero-order valence-electron chi connectivity index (χ0n) is 20.6. The average molecular weight is 848 g/mol. The molecule has 187 valence electrons. The van der Waals surface area contributed by atoms with Gasteiger partial charge in [0, 0.05) is 44.1 Å². The van der Waals surface area contributed by atoms with E-state index in [2.05, 4.69) is 20.8 Å². The van der Waals surface area contributed by atoms with Gasteiger partial charge in [-0.05, 0) is 38.5 Å². The Morgan fingerprint density at radius 3 is 0.781 bits per heavy atom. The van der Waals surface area contributed by atoms with Gasteiger partial charge in [0.15, 0.2) is 0 Å². The van der Waals surface area contributed by atoms with E-state index in [9.17, 15) is 29.7 Å². The molecule has 5 radical (unpaired) electrons. The molecule has 0 saturated heterocycles. The fraction of sp³-hybridized carbons (Fsp3) is 0.875. The molecular formula is C24H45Bi2O6. The second kappa shape index (κ2) is 38.4. The number of hydrogen-bond acceptors (Lipinski definition) is 6. The molecule has 0 saturated carbocycles. The van der Waals surface area contributed by atoms with Crippen LogP contribution in [0, 0.1) is 0 Å². The zero-order valence-corrected chi connectivity index (χ0v) is 27.5. The van der Waals surface area contributed by atoms with E-state index < -0.39 is 17.9 Å². The first-order valence-corrected chi connectivity index (χ1v) is 11.9. The van der Waals surface area contributed by atoms with E-state index >= 15 is 0 Å². The van der Waals surface area contributed by atoms with Crippen LogP contribution in [0.5, 0.6) is 0 Å². The maximum atomic E-state index is 9.92. The molecule has 0 aliphatic carbocycles. The van der Waals surface area contributed by atoms with Crippen LogP contribution in [0.4, 0.5) is 0 Å². The Morgan fingerprint density at radius 2 is 0.625 bits per heavy atom. The smallest absolute Gasteiger partial charge is 0.550 e. The Hall–Kier alpha value is 0.176. The number of carboxylic acid groups (broad SMARTS) is 3. The minimum atomic E-state index is -0.920. The first-order valence-electron chi connectivity index (χ1n) is 11.9. The molecule has 0 rings (SSSR count). The summed E-state index contributed by atoms with van der Waals surface area (Å²) in [5.41, 5.74) is 0. The van der Waals surface area contributed by atoms with Crippen LogP contribution in [0.2, 0.25) is 0 Å². The minimum Gasteiger partial charge on any atom is -0.550 e. The van der Waals surface area contributed by atoms with Gasteiger partial charge in [-0.15, -0.1) is 0 Å². The third kappa shape index (κ3) is 57.3. The summed E-state index contributed by atoms with van der Waals surface area (Å²) in [6.45, 7) is 6.41. The van der Waals surface area contributed by atoms with Gasteiger partial charge in [-0.2, -0.15) is 0 Å². The Morgan fingerprint density at radius 1 is 0.438 bits per heavy atom. The molecule has 0 unspecified atom stereocenters. The van der Waals surface area contributed by atoms with Gasteiger partial charge in [0.25, 0.3) is 0 Å². The summed E-state index contributed by atoms with van der Waals surface area (Å²) >= 11 is 0. The van der Waals surface area contributed by atoms with Crippen molar-refractivity contribution in [2.75, 3.05) is 0 Å². The second-order valence-electron chi connectivity index (χ2n) is 7.61. The SMILES string of the molecule is CCCCCCCC(=O)[O-].CCCCCCCC(=O)[O-].CCCCCCCC(=O)[O-].[Bi+3].[Bi]. The molecule has 0 bridgehead atoms. The monoisotopic (exact) mass is 847 g/mol. The number of carboxylic acids is 3. The number of unbranched alkanes of at least 4 members (excludes halogenated alkanes) is 12. The predicted octanol–water partition coefficient (Wildman–Crippen LogP) is 2.53. The molecule has 0 atom stereocenters. The first kappa shape index (κ1) is 42.3. The molecule has 0 aliphatic heterocycles. The number of carbonyl (C=O) groups excluding carboxylic acids is 3. The largest absolute Gasteiger partial charge is 3.00 e. The van der Waals surface area contributed by atoms with Crippen molar-refractivity contribution in [3.63, 3.8) is 0 Å². The molecule has 32 heavy (non-hydrogen) atoms. The quantitative estimate of drug-likeness (QED) is 0.155. The Kier molecular flexibility index (Phi) is 50.9. The van der Waals surface area contributed by atoms with Gasteiger partial charge < -0.3 is 29.7 Å². The number of carbonyl (C=O) groups is 3. The van der Waals surface area contributed by atoms with E-state index in [1.54, 1.807) is 0 Å². The van der Waals surface area contributed by atoms with Crippen LogP contribution in [0.25, 0.3) is 0 Å². The van der Waals surface area contributed by atoms with Gasteiger partial charge >= 0.3 is 26.2 Å². The van der Waals surface area contributed by atoms with Crippen LogP contribution in [-0.4, -0.2) is 70.3 Å². The van der Waals surface area contributed by atoms with Crippen LogP contribution in [-0.2, 0) is 14.4 Å². The van der Waals surface area contributed by atoms with Crippen LogP contribution in [0.3, 0.4) is 0 Å². The summed E-state index contributed by atoms with van der Waals surface area (Å²) < 4.78 is 0. The van der Waals surface area contributed by atoms with Crippen molar-refractivity contribution in [3.8, 4) is 0 Å². The average Bonchev–Trinajstić information content (AvgIpc) is 2.68. The molecule has 6 nitrogen and oxygen atoms in total. The molecule has 8 heteroatoms. The van der Waals surface area contributed by atoms with E-state index in [0.717, 1.165) is 57.8 Å². The molecule has 0 aromatic rings. The van der Waals surface area contributed by atoms with Crippen LogP contribution in [0.15, 0.2) is 0 Å². The van der Waals surface area contributed by atoms with Crippen LogP contribution in [0.1, 0.15) is 136 Å². The minimum absolute atomic E-state index is 0. The first-order chi connectivity index (χ1) is 14.3. The molecule has 0 aliphatic rings. The Balaban J connectivity index is -0.000000110. The molecule has 0 aromatic carbocycles. The summed E-state index contributed by atoms with van der Waals surface area (Å²) in [5, 5.41) is 29.8. The molecular weight excluding hydrogens is 802 g/mol. The predicted molar refractivity (Wildman–Crippen MR) is 127 cm³/mol. The molecule has 0 fully saturated rings. The molecule has 0 spiro atoms. The van der Waals surface area contributed by atoms with Crippen molar-refractivity contribution in [1.29, 1.82) is 0 Å². The molecule has 0 aromatic heterocycles. The van der Waals surface area contributed by atoms with E-state index in [4.69, 9.17) is 0 Å². The van der Waals surface area contributed by atoms with Gasteiger partial charge in [-0.1, -0.05) is 97.8 Å². The van der Waals surface area contributed by atoms with Crippen molar-refractivity contribution in [1.82, 2.24) is 0 Å². The van der Waals surface area contributed by atoms with Gasteiger partial charge in [-0.25, -0.2) is 0 Å². The summed E-state index contributed by atoms with van der Waals surface area (Å²) in [5.74, 6) is -2.76. The topological polar surface area (TPSA) is 120 Å². The van der Waals surface area contributed by atoms with Gasteiger partial charge in [-0.3, -0.25) is 0 Å². The summed E-state index contributed by atoms with van der Waals surface area (Å²) in [6, 6.07) is 0. The van der Waals surface area contributed by atoms with Crippen LogP contribution >= 0.6 is 0 Å². The molecule has 0 amide bonds. The summed E-state index contributed by atoms with van der Waals surface area (Å²) in [6.07, 6.45) is 16.8. The molecule has 0 N–H and O–H groups in total. The fourth-order valence-corrected chi connectivity index (χ4v) is 2.62. The van der Waals surface area contributed by atoms with Crippen molar-refractivity contribution >= 4 is 70.3 Å². The zero-order chi connectivity index (χ0) is 23.5. The Labute approximate surface area is 235 Å². The number of hydrogen-bond donors (Lipinski definition) is 0. The third-order valence-electron chi connectivity index (χ3n) is 4.45. The fourth-order valence-electron chi connectivity index (χ4n) is 2.62. The second-order valence-corrected chi connectivity index (χ2v) is 7.61. The van der Waals surface area contributed by atoms with Crippen molar-refractivity contribution in [3.05, 3.63) is 0 Å². The third-order valence-corrected chi connectivity index (χ3v) is 4.45. The van der Waals surface area contributed by atoms with E-state index in [0.29, 0.717) is 0 Å². The summed E-state index contributed by atoms with van der Waals surface area (Å²) in [7, 11) is 0. The van der Waals surface area contributed by atoms with Gasteiger partial charge in [0.1, 0.15) is 0 Å². The maximum absolute atomic E-state index is 9.92. The summed E-state index contributed by atoms with van der Waals surface area (Å²) in [4.78, 5) is 29.8. The van der Waals surface area contributed by atoms with E-state index in [1.165, 1.54) is 38.5 Å². The normalized spacial score (nSPS) is 9.09. The number of rotatable bonds is 18. The van der Waals surface area contributed by atoms with Crippen molar-refractivity contribution < 1.29 is 29.7 Å². The van der Waals surface area contributed by atoms with E-state index in [-0.39, 0.29) is 71.7 Å². The van der Waals surface area contributed by atoms with Crippen molar-refractivity contribution in [2.45, 2.75) is 136 Å².